The summed E-state index contributed by atoms with van der Waals surface area (Å²) in [6.45, 7) is 8.56. The van der Waals surface area contributed by atoms with Gasteiger partial charge in [0.15, 0.2) is 0 Å². The fraction of sp³-hybridized carbons (Fsp3) is 0.0882. The van der Waals surface area contributed by atoms with Crippen molar-refractivity contribution in [1.82, 2.24) is 0 Å². The fourth-order valence-electron chi connectivity index (χ4n) is 9.74. The van der Waals surface area contributed by atoms with Crippen molar-refractivity contribution in [3.05, 3.63) is 246 Å². The number of aliphatic imine (C=N–C) groups is 2. The van der Waals surface area contributed by atoms with E-state index >= 15 is 0 Å². The standard InChI is InChI=1S/C68H50Br4N2S2/c1-41-15-23-47(24-16-41)55-33-51(45-11-7-5-8-12-45)34-56(48-25-17-42(2)18-26-48)63(55)53-37-59(69)65(60(70)38-53)73-67-68(76-32-31-75-67)74-66-61(71)39-54(40-62(66)72)64-57(49-27-19-43(3)20-28-49)35-52(46-13-9-6-10-14-46)36-58(64)50-29-21-44(4)22-30-50/h5-30,33-40H,31-32H2,1-4H3. The first-order valence-electron chi connectivity index (χ1n) is 25.1. The number of rotatable bonds is 10. The van der Waals surface area contributed by atoms with E-state index in [-0.39, 0.29) is 0 Å². The Labute approximate surface area is 488 Å². The molecule has 2 nitrogen and oxygen atoms in total. The summed E-state index contributed by atoms with van der Waals surface area (Å²) in [5.74, 6) is 1.85. The van der Waals surface area contributed by atoms with Gasteiger partial charge in [0.2, 0.25) is 0 Å². The molecule has 10 aromatic carbocycles. The summed E-state index contributed by atoms with van der Waals surface area (Å²) in [5.41, 5.74) is 24.9. The Morgan fingerprint density at radius 1 is 0.289 bits per heavy atom. The molecule has 0 aromatic heterocycles. The van der Waals surface area contributed by atoms with E-state index in [1.165, 1.54) is 44.5 Å². The van der Waals surface area contributed by atoms with Crippen molar-refractivity contribution in [1.29, 1.82) is 0 Å². The zero-order valence-corrected chi connectivity index (χ0v) is 50.2. The van der Waals surface area contributed by atoms with E-state index in [2.05, 4.69) is 298 Å². The van der Waals surface area contributed by atoms with E-state index in [1.807, 2.05) is 0 Å². The van der Waals surface area contributed by atoms with Gasteiger partial charge in [0.1, 0.15) is 10.1 Å². The fourth-order valence-corrected chi connectivity index (χ4v) is 14.5. The normalized spacial score (nSPS) is 13.6. The predicted octanol–water partition coefficient (Wildman–Crippen LogP) is 22.5. The van der Waals surface area contributed by atoms with Crippen LogP contribution in [0.5, 0.6) is 0 Å². The molecule has 372 valence electrons. The highest BCUT2D eigenvalue weighted by Crippen LogP contribution is 2.50. The molecule has 0 unspecified atom stereocenters. The maximum absolute atomic E-state index is 5.43. The quantitative estimate of drug-likeness (QED) is 0.136. The molecule has 1 aliphatic rings. The van der Waals surface area contributed by atoms with Crippen LogP contribution in [0.4, 0.5) is 11.4 Å². The van der Waals surface area contributed by atoms with Crippen LogP contribution in [0.25, 0.3) is 89.0 Å². The zero-order chi connectivity index (χ0) is 52.5. The van der Waals surface area contributed by atoms with Crippen LogP contribution in [-0.2, 0) is 0 Å². The van der Waals surface area contributed by atoms with Gasteiger partial charge < -0.3 is 0 Å². The van der Waals surface area contributed by atoms with E-state index in [4.69, 9.17) is 9.98 Å². The van der Waals surface area contributed by atoms with Crippen molar-refractivity contribution in [2.45, 2.75) is 27.7 Å². The molecular formula is C68H50Br4N2S2. The molecule has 0 saturated carbocycles. The number of benzene rings is 10. The number of hydrogen-bond acceptors (Lipinski definition) is 4. The number of halogens is 4. The van der Waals surface area contributed by atoms with Gasteiger partial charge in [-0.2, -0.15) is 0 Å². The lowest BCUT2D eigenvalue weighted by Crippen LogP contribution is -2.14. The van der Waals surface area contributed by atoms with Gasteiger partial charge in [0.25, 0.3) is 0 Å². The average Bonchev–Trinajstić information content (AvgIpc) is 3.45. The molecule has 10 aromatic rings. The average molecular weight is 1280 g/mol. The Balaban J connectivity index is 1.02. The highest BCUT2D eigenvalue weighted by atomic mass is 79.9. The van der Waals surface area contributed by atoms with Crippen LogP contribution in [0, 0.1) is 27.7 Å². The Kier molecular flexibility index (Phi) is 15.8. The molecule has 1 saturated heterocycles. The molecule has 8 heteroatoms. The van der Waals surface area contributed by atoms with Crippen LogP contribution in [0.3, 0.4) is 0 Å². The number of aryl methyl sites for hydroxylation is 4. The van der Waals surface area contributed by atoms with Crippen LogP contribution >= 0.6 is 87.2 Å². The molecule has 76 heavy (non-hydrogen) atoms. The van der Waals surface area contributed by atoms with Crippen LogP contribution in [0.2, 0.25) is 0 Å². The summed E-state index contributed by atoms with van der Waals surface area (Å²) < 4.78 is 3.54. The molecule has 0 atom stereocenters. The van der Waals surface area contributed by atoms with Gasteiger partial charge in [-0.3, -0.25) is 0 Å². The van der Waals surface area contributed by atoms with Crippen molar-refractivity contribution in [2.24, 2.45) is 9.98 Å². The predicted molar refractivity (Wildman–Crippen MR) is 345 cm³/mol. The smallest absolute Gasteiger partial charge is 0.129 e. The Morgan fingerprint density at radius 2 is 0.553 bits per heavy atom. The van der Waals surface area contributed by atoms with E-state index < -0.39 is 0 Å². The molecule has 1 aliphatic heterocycles. The first-order chi connectivity index (χ1) is 36.9. The Hall–Kier alpha value is -5.84. The lowest BCUT2D eigenvalue weighted by molar-refractivity contribution is 1.43. The summed E-state index contributed by atoms with van der Waals surface area (Å²) in [7, 11) is 0. The van der Waals surface area contributed by atoms with Crippen molar-refractivity contribution < 1.29 is 0 Å². The molecule has 0 radical (unpaired) electrons. The maximum atomic E-state index is 5.43. The molecule has 0 aliphatic carbocycles. The highest BCUT2D eigenvalue weighted by Gasteiger charge is 2.25. The summed E-state index contributed by atoms with van der Waals surface area (Å²) >= 11 is 19.7. The van der Waals surface area contributed by atoms with Gasteiger partial charge in [-0.15, -0.1) is 23.5 Å². The summed E-state index contributed by atoms with van der Waals surface area (Å²) in [6, 6.07) is 75.1. The van der Waals surface area contributed by atoms with Crippen LogP contribution in [-0.4, -0.2) is 21.6 Å². The Morgan fingerprint density at radius 3 is 0.816 bits per heavy atom. The first kappa shape index (κ1) is 52.2. The summed E-state index contributed by atoms with van der Waals surface area (Å²) in [6.07, 6.45) is 0. The van der Waals surface area contributed by atoms with Crippen LogP contribution in [0.15, 0.2) is 234 Å². The molecule has 0 bridgehead atoms. The summed E-state index contributed by atoms with van der Waals surface area (Å²) in [5, 5.41) is 1.75. The zero-order valence-electron chi connectivity index (χ0n) is 42.3. The van der Waals surface area contributed by atoms with Crippen molar-refractivity contribution in [2.75, 3.05) is 11.5 Å². The maximum Gasteiger partial charge on any atom is 0.129 e. The second-order valence-corrected chi connectivity index (χ2v) is 24.8. The number of nitrogens with zero attached hydrogens (tertiary/aromatic N) is 2. The van der Waals surface area contributed by atoms with Crippen molar-refractivity contribution in [3.8, 4) is 89.0 Å². The van der Waals surface area contributed by atoms with Gasteiger partial charge in [0, 0.05) is 29.4 Å². The highest BCUT2D eigenvalue weighted by molar-refractivity contribution is 9.11. The molecule has 0 N–H and O–H groups in total. The second-order valence-electron chi connectivity index (χ2n) is 19.2. The molecular weight excluding hydrogens is 1230 g/mol. The molecule has 0 amide bonds. The van der Waals surface area contributed by atoms with E-state index in [0.29, 0.717) is 0 Å². The molecule has 1 heterocycles. The van der Waals surface area contributed by atoms with Crippen LogP contribution in [0.1, 0.15) is 22.3 Å². The largest absolute Gasteiger partial charge is 0.237 e. The van der Waals surface area contributed by atoms with Crippen LogP contribution < -0.4 is 0 Å². The minimum Gasteiger partial charge on any atom is -0.237 e. The second kappa shape index (κ2) is 23.0. The van der Waals surface area contributed by atoms with E-state index in [0.717, 1.165) is 118 Å². The third-order valence-electron chi connectivity index (χ3n) is 13.7. The topological polar surface area (TPSA) is 24.7 Å². The third kappa shape index (κ3) is 11.3. The van der Waals surface area contributed by atoms with Gasteiger partial charge in [-0.25, -0.2) is 9.98 Å². The third-order valence-corrected chi connectivity index (χ3v) is 18.5. The monoisotopic (exact) mass is 1270 g/mol. The van der Waals surface area contributed by atoms with Gasteiger partial charge in [-0.1, -0.05) is 180 Å². The summed E-state index contributed by atoms with van der Waals surface area (Å²) in [4.78, 5) is 10.9. The minimum absolute atomic E-state index is 0.816. The first-order valence-corrected chi connectivity index (χ1v) is 30.3. The van der Waals surface area contributed by atoms with Crippen molar-refractivity contribution in [3.63, 3.8) is 0 Å². The van der Waals surface area contributed by atoms with Gasteiger partial charge >= 0.3 is 0 Å². The number of thioether (sulfide) groups is 2. The lowest BCUT2D eigenvalue weighted by atomic mass is 9.84. The molecule has 11 rings (SSSR count). The minimum atomic E-state index is 0.816. The lowest BCUT2D eigenvalue weighted by Gasteiger charge is -2.21. The molecule has 1 fully saturated rings. The van der Waals surface area contributed by atoms with E-state index in [1.54, 1.807) is 23.5 Å². The van der Waals surface area contributed by atoms with E-state index in [9.17, 15) is 0 Å². The van der Waals surface area contributed by atoms with Gasteiger partial charge in [0.05, 0.1) is 11.4 Å². The Bertz CT molecular complexity index is 3420. The van der Waals surface area contributed by atoms with Gasteiger partial charge in [-0.05, 0) is 229 Å². The number of hydrogen-bond donors (Lipinski definition) is 0. The van der Waals surface area contributed by atoms with Crippen molar-refractivity contribution >= 4 is 109 Å². The molecule has 0 spiro atoms. The SMILES string of the molecule is Cc1ccc(-c2cc(-c3ccccc3)cc(-c3ccc(C)cc3)c2-c2cc(Br)c(N=C3SCCSC3=Nc3c(Br)cc(-c4c(-c5ccc(C)cc5)cc(-c5ccccc5)cc4-c4ccc(C)cc4)cc3Br)c(Br)c2)cc1.